The van der Waals surface area contributed by atoms with Crippen molar-refractivity contribution in [1.29, 1.82) is 0 Å². The number of halogens is 4. The lowest BCUT2D eigenvalue weighted by Crippen LogP contribution is -2.54. The summed E-state index contributed by atoms with van der Waals surface area (Å²) in [5.74, 6) is -3.12. The van der Waals surface area contributed by atoms with Crippen molar-refractivity contribution in [3.8, 4) is 17.4 Å². The average Bonchev–Trinajstić information content (AvgIpc) is 3.26. The molecule has 2 aromatic carbocycles. The summed E-state index contributed by atoms with van der Waals surface area (Å²) in [6.45, 7) is 2.18. The van der Waals surface area contributed by atoms with Crippen LogP contribution in [0, 0.1) is 11.2 Å². The first-order valence-electron chi connectivity index (χ1n) is 14.1. The molecule has 2 fully saturated rings. The van der Waals surface area contributed by atoms with Gasteiger partial charge in [0.25, 0.3) is 11.8 Å². The second-order valence-corrected chi connectivity index (χ2v) is 11.4. The maximum Gasteiger partial charge on any atom is 0.423 e. The number of ether oxygens (including phenoxy) is 2. The lowest BCUT2D eigenvalue weighted by atomic mass is 9.60. The number of benzene rings is 2. The zero-order valence-electron chi connectivity index (χ0n) is 24.0. The van der Waals surface area contributed by atoms with E-state index < -0.39 is 35.3 Å². The monoisotopic (exact) mass is 614 g/mol. The standard InChI is InChI=1S/C30H30F4N6O4/c1-40-15-16-4-3-5-22(24(16)27(40)42)44-26-19(30(32,33)34)14-36-28(39-26)38-21-11-20(31)18(10-23(21)43-2)25(41)37-17-12-29(13-17)6-8-35-9-7-29/h3-5,10-11,14,17,35H,6-9,12-13,15H2,1-2H3,(H,37,41)(H,36,38,39). The summed E-state index contributed by atoms with van der Waals surface area (Å²) < 4.78 is 67.8. The van der Waals surface area contributed by atoms with Gasteiger partial charge in [0, 0.05) is 31.9 Å². The van der Waals surface area contributed by atoms with Gasteiger partial charge in [-0.25, -0.2) is 9.37 Å². The molecule has 0 radical (unpaired) electrons. The highest BCUT2D eigenvalue weighted by Gasteiger charge is 2.45. The largest absolute Gasteiger partial charge is 0.495 e. The number of amides is 2. The Balaban J connectivity index is 1.23. The van der Waals surface area contributed by atoms with Crippen LogP contribution in [0.3, 0.4) is 0 Å². The summed E-state index contributed by atoms with van der Waals surface area (Å²) in [5.41, 5.74) is -0.563. The average molecular weight is 615 g/mol. The summed E-state index contributed by atoms with van der Waals surface area (Å²) in [6, 6.07) is 6.78. The van der Waals surface area contributed by atoms with Gasteiger partial charge in [0.1, 0.15) is 22.9 Å². The van der Waals surface area contributed by atoms with Crippen LogP contribution in [0.15, 0.2) is 36.5 Å². The maximum atomic E-state index is 15.2. The van der Waals surface area contributed by atoms with Crippen molar-refractivity contribution in [1.82, 2.24) is 25.5 Å². The maximum absolute atomic E-state index is 15.2. The zero-order chi connectivity index (χ0) is 31.2. The number of carbonyl (C=O) groups excluding carboxylic acids is 2. The normalized spacial score (nSPS) is 17.7. The van der Waals surface area contributed by atoms with Crippen LogP contribution in [-0.2, 0) is 12.7 Å². The minimum Gasteiger partial charge on any atom is -0.495 e. The minimum absolute atomic E-state index is 0.0260. The highest BCUT2D eigenvalue weighted by atomic mass is 19.4. The summed E-state index contributed by atoms with van der Waals surface area (Å²) in [5, 5.41) is 8.88. The third kappa shape index (κ3) is 5.61. The van der Waals surface area contributed by atoms with Crippen LogP contribution in [0.25, 0.3) is 0 Å². The Labute approximate surface area is 250 Å². The van der Waals surface area contributed by atoms with Gasteiger partial charge in [0.2, 0.25) is 11.8 Å². The first-order valence-corrected chi connectivity index (χ1v) is 14.1. The van der Waals surface area contributed by atoms with Gasteiger partial charge >= 0.3 is 6.18 Å². The van der Waals surface area contributed by atoms with Crippen LogP contribution in [0.1, 0.15) is 57.5 Å². The molecule has 3 N–H and O–H groups in total. The molecule has 3 heterocycles. The molecule has 2 aliphatic heterocycles. The van der Waals surface area contributed by atoms with E-state index in [1.165, 1.54) is 24.1 Å². The van der Waals surface area contributed by atoms with Crippen molar-refractivity contribution >= 4 is 23.5 Å². The first-order chi connectivity index (χ1) is 21.0. The molecule has 0 bridgehead atoms. The number of nitrogens with zero attached hydrogens (tertiary/aromatic N) is 3. The number of fused-ring (bicyclic) bond motifs is 1. The number of alkyl halides is 3. The predicted molar refractivity (Wildman–Crippen MR) is 151 cm³/mol. The molecule has 10 nitrogen and oxygen atoms in total. The van der Waals surface area contributed by atoms with Gasteiger partial charge in [0.05, 0.1) is 23.9 Å². The molecule has 1 aromatic heterocycles. The van der Waals surface area contributed by atoms with Crippen molar-refractivity contribution in [2.24, 2.45) is 5.41 Å². The van der Waals surface area contributed by atoms with Crippen LogP contribution in [0.2, 0.25) is 0 Å². The van der Waals surface area contributed by atoms with Gasteiger partial charge in [0.15, 0.2) is 0 Å². The highest BCUT2D eigenvalue weighted by molar-refractivity contribution is 6.01. The summed E-state index contributed by atoms with van der Waals surface area (Å²) in [4.78, 5) is 34.6. The fourth-order valence-corrected chi connectivity index (χ4v) is 6.19. The van der Waals surface area contributed by atoms with Crippen molar-refractivity contribution in [2.45, 2.75) is 44.4 Å². The number of aromatic nitrogens is 2. The van der Waals surface area contributed by atoms with Crippen LogP contribution < -0.4 is 25.4 Å². The Kier molecular flexibility index (Phi) is 7.56. The molecule has 232 valence electrons. The number of anilines is 2. The summed E-state index contributed by atoms with van der Waals surface area (Å²) in [6.07, 6.45) is -0.580. The Hall–Kier alpha value is -4.46. The minimum atomic E-state index is -4.88. The van der Waals surface area contributed by atoms with Gasteiger partial charge in [-0.05, 0) is 61.9 Å². The number of hydrogen-bond donors (Lipinski definition) is 3. The Morgan fingerprint density at radius 3 is 2.61 bits per heavy atom. The summed E-state index contributed by atoms with van der Waals surface area (Å²) >= 11 is 0. The van der Waals surface area contributed by atoms with E-state index in [1.807, 2.05) is 0 Å². The van der Waals surface area contributed by atoms with E-state index in [0.29, 0.717) is 11.8 Å². The molecule has 44 heavy (non-hydrogen) atoms. The van der Waals surface area contributed by atoms with E-state index in [1.54, 1.807) is 19.2 Å². The second-order valence-electron chi connectivity index (χ2n) is 11.4. The van der Waals surface area contributed by atoms with Crippen molar-refractivity contribution in [3.63, 3.8) is 0 Å². The molecule has 0 unspecified atom stereocenters. The van der Waals surface area contributed by atoms with Crippen LogP contribution >= 0.6 is 0 Å². The van der Waals surface area contributed by atoms with Crippen LogP contribution in [0.5, 0.6) is 17.4 Å². The lowest BCUT2D eigenvalue weighted by molar-refractivity contribution is -0.139. The fourth-order valence-electron chi connectivity index (χ4n) is 6.19. The molecule has 6 rings (SSSR count). The predicted octanol–water partition coefficient (Wildman–Crippen LogP) is 5.03. The third-order valence-corrected chi connectivity index (χ3v) is 8.48. The molecular weight excluding hydrogens is 584 g/mol. The van der Waals surface area contributed by atoms with E-state index in [2.05, 4.69) is 25.9 Å². The molecule has 1 aliphatic carbocycles. The van der Waals surface area contributed by atoms with Gasteiger partial charge in [-0.3, -0.25) is 9.59 Å². The molecule has 1 spiro atoms. The number of piperidine rings is 1. The molecule has 1 saturated heterocycles. The Morgan fingerprint density at radius 1 is 1.16 bits per heavy atom. The first kappa shape index (κ1) is 29.6. The van der Waals surface area contributed by atoms with Gasteiger partial charge < -0.3 is 30.3 Å². The highest BCUT2D eigenvalue weighted by Crippen LogP contribution is 2.48. The molecular formula is C30H30F4N6O4. The fraction of sp³-hybridized carbons (Fsp3) is 0.400. The van der Waals surface area contributed by atoms with Gasteiger partial charge in [-0.2, -0.15) is 18.2 Å². The van der Waals surface area contributed by atoms with E-state index >= 15 is 4.39 Å². The topological polar surface area (TPSA) is 118 Å². The smallest absolute Gasteiger partial charge is 0.423 e. The van der Waals surface area contributed by atoms with E-state index in [4.69, 9.17) is 9.47 Å². The van der Waals surface area contributed by atoms with E-state index in [9.17, 15) is 22.8 Å². The van der Waals surface area contributed by atoms with Gasteiger partial charge in [-0.15, -0.1) is 0 Å². The number of rotatable bonds is 7. The number of hydrogen-bond acceptors (Lipinski definition) is 8. The molecule has 3 aromatic rings. The molecule has 14 heteroatoms. The number of carbonyl (C=O) groups is 2. The number of nitrogens with one attached hydrogen (secondary N) is 3. The lowest BCUT2D eigenvalue weighted by Gasteiger charge is -2.50. The molecule has 2 amide bonds. The zero-order valence-corrected chi connectivity index (χ0v) is 24.0. The Bertz CT molecular complexity index is 1620. The number of methoxy groups -OCH3 is 1. The van der Waals surface area contributed by atoms with Gasteiger partial charge in [-0.1, -0.05) is 12.1 Å². The molecule has 3 aliphatic rings. The van der Waals surface area contributed by atoms with Crippen molar-refractivity contribution in [3.05, 3.63) is 64.6 Å². The molecule has 0 atom stereocenters. The van der Waals surface area contributed by atoms with E-state index in [-0.39, 0.29) is 52.3 Å². The second kappa shape index (κ2) is 11.2. The van der Waals surface area contributed by atoms with Crippen molar-refractivity contribution in [2.75, 3.05) is 32.6 Å². The quantitative estimate of drug-likeness (QED) is 0.318. The van der Waals surface area contributed by atoms with Crippen LogP contribution in [-0.4, -0.2) is 60.0 Å². The van der Waals surface area contributed by atoms with E-state index in [0.717, 1.165) is 44.8 Å². The molecule has 1 saturated carbocycles. The third-order valence-electron chi connectivity index (χ3n) is 8.48. The van der Waals surface area contributed by atoms with Crippen molar-refractivity contribution < 1.29 is 36.6 Å². The summed E-state index contributed by atoms with van der Waals surface area (Å²) in [7, 11) is 2.87. The van der Waals surface area contributed by atoms with Crippen LogP contribution in [0.4, 0.5) is 29.2 Å². The Morgan fingerprint density at radius 2 is 1.91 bits per heavy atom. The SMILES string of the molecule is COc1cc(C(=O)NC2CC3(CCNCC3)C2)c(F)cc1Nc1ncc(C(F)(F)F)c(Oc2cccc3c2C(=O)N(C)C3)n1.